The van der Waals surface area contributed by atoms with Gasteiger partial charge in [0.2, 0.25) is 0 Å². The van der Waals surface area contributed by atoms with Crippen LogP contribution in [0.1, 0.15) is 24.2 Å². The van der Waals surface area contributed by atoms with Crippen molar-refractivity contribution in [1.29, 1.82) is 0 Å². The van der Waals surface area contributed by atoms with Gasteiger partial charge in [0, 0.05) is 5.56 Å². The highest BCUT2D eigenvalue weighted by Gasteiger charge is 2.24. The molecule has 4 nitrogen and oxygen atoms in total. The van der Waals surface area contributed by atoms with Gasteiger partial charge in [-0.15, -0.1) is 0 Å². The molecule has 0 aliphatic rings. The van der Waals surface area contributed by atoms with Crippen molar-refractivity contribution in [3.8, 4) is 5.75 Å². The van der Waals surface area contributed by atoms with E-state index in [0.29, 0.717) is 6.42 Å². The number of carbonyl (C=O) groups excluding carboxylic acids is 1. The lowest BCUT2D eigenvalue weighted by atomic mass is 10.0. The molecule has 0 fully saturated rings. The van der Waals surface area contributed by atoms with E-state index in [4.69, 9.17) is 4.74 Å². The summed E-state index contributed by atoms with van der Waals surface area (Å²) in [6, 6.07) is 2.96. The summed E-state index contributed by atoms with van der Waals surface area (Å²) in [5.41, 5.74) is 0.634. The third-order valence-corrected chi connectivity index (χ3v) is 2.47. The lowest BCUT2D eigenvalue weighted by molar-refractivity contribution is -0.150. The summed E-state index contributed by atoms with van der Waals surface area (Å²) in [5, 5.41) is 9.64. The Labute approximate surface area is 99.0 Å². The molecule has 1 atom stereocenters. The summed E-state index contributed by atoms with van der Waals surface area (Å²) in [6.45, 7) is 1.88. The third-order valence-electron chi connectivity index (χ3n) is 2.47. The third kappa shape index (κ3) is 2.74. The molecule has 0 aromatic heterocycles. The molecule has 1 aromatic rings. The van der Waals surface area contributed by atoms with Gasteiger partial charge in [-0.25, -0.2) is 9.18 Å². The molecule has 0 spiro atoms. The average Bonchev–Trinajstić information content (AvgIpc) is 2.37. The zero-order chi connectivity index (χ0) is 13.0. The number of hydrogen-bond acceptors (Lipinski definition) is 4. The fourth-order valence-corrected chi connectivity index (χ4v) is 1.47. The molecule has 0 aliphatic heterocycles. The van der Waals surface area contributed by atoms with Crippen LogP contribution >= 0.6 is 0 Å². The maximum atomic E-state index is 13.8. The Kier molecular flexibility index (Phi) is 4.45. The lowest BCUT2D eigenvalue weighted by Crippen LogP contribution is -2.15. The average molecular weight is 242 g/mol. The molecule has 17 heavy (non-hydrogen) atoms. The van der Waals surface area contributed by atoms with Crippen molar-refractivity contribution < 1.29 is 23.8 Å². The van der Waals surface area contributed by atoms with Crippen molar-refractivity contribution in [2.24, 2.45) is 0 Å². The second kappa shape index (κ2) is 5.63. The topological polar surface area (TPSA) is 55.8 Å². The summed E-state index contributed by atoms with van der Waals surface area (Å²) < 4.78 is 23.1. The lowest BCUT2D eigenvalue weighted by Gasteiger charge is -2.13. The van der Waals surface area contributed by atoms with Gasteiger partial charge < -0.3 is 14.6 Å². The fourth-order valence-electron chi connectivity index (χ4n) is 1.47. The van der Waals surface area contributed by atoms with E-state index in [1.54, 1.807) is 0 Å². The molecule has 1 aromatic carbocycles. The minimum Gasteiger partial charge on any atom is -0.494 e. The molecule has 0 saturated carbocycles. The number of aryl methyl sites for hydroxylation is 1. The van der Waals surface area contributed by atoms with Crippen molar-refractivity contribution in [2.45, 2.75) is 19.4 Å². The van der Waals surface area contributed by atoms with Gasteiger partial charge in [-0.3, -0.25) is 0 Å². The number of rotatable bonds is 4. The van der Waals surface area contributed by atoms with Crippen molar-refractivity contribution in [1.82, 2.24) is 0 Å². The normalized spacial score (nSPS) is 12.1. The second-order valence-corrected chi connectivity index (χ2v) is 3.48. The van der Waals surface area contributed by atoms with Crippen LogP contribution in [0.5, 0.6) is 5.75 Å². The van der Waals surface area contributed by atoms with Gasteiger partial charge in [-0.1, -0.05) is 6.92 Å². The van der Waals surface area contributed by atoms with Crippen LogP contribution in [0.4, 0.5) is 4.39 Å². The van der Waals surface area contributed by atoms with Crippen LogP contribution < -0.4 is 4.74 Å². The Morgan fingerprint density at radius 2 is 2.12 bits per heavy atom. The quantitative estimate of drug-likeness (QED) is 0.815. The molecule has 0 bridgehead atoms. The van der Waals surface area contributed by atoms with Crippen LogP contribution in [0.2, 0.25) is 0 Å². The van der Waals surface area contributed by atoms with Gasteiger partial charge in [-0.2, -0.15) is 0 Å². The van der Waals surface area contributed by atoms with Gasteiger partial charge in [0.1, 0.15) is 0 Å². The molecule has 94 valence electrons. The summed E-state index contributed by atoms with van der Waals surface area (Å²) in [5.74, 6) is -1.65. The summed E-state index contributed by atoms with van der Waals surface area (Å²) in [4.78, 5) is 11.2. The van der Waals surface area contributed by atoms with Crippen molar-refractivity contribution >= 4 is 5.97 Å². The van der Waals surface area contributed by atoms with Crippen LogP contribution in [0.15, 0.2) is 12.1 Å². The molecule has 0 radical (unpaired) electrons. The van der Waals surface area contributed by atoms with E-state index in [-0.39, 0.29) is 11.3 Å². The van der Waals surface area contributed by atoms with Crippen molar-refractivity contribution in [2.75, 3.05) is 14.2 Å². The van der Waals surface area contributed by atoms with E-state index in [2.05, 4.69) is 4.74 Å². The summed E-state index contributed by atoms with van der Waals surface area (Å²) in [7, 11) is 2.45. The standard InChI is InChI=1S/C12H15FO4/c1-4-7-5-8(11(14)12(15)17-3)10(13)9(6-7)16-2/h5-6,11,14H,4H2,1-3H3. The molecular formula is C12H15FO4. The predicted octanol–water partition coefficient (Wildman–Crippen LogP) is 1.60. The van der Waals surface area contributed by atoms with Gasteiger partial charge in [0.15, 0.2) is 17.7 Å². The van der Waals surface area contributed by atoms with E-state index in [1.807, 2.05) is 6.92 Å². The monoisotopic (exact) mass is 242 g/mol. The second-order valence-electron chi connectivity index (χ2n) is 3.48. The fraction of sp³-hybridized carbons (Fsp3) is 0.417. The molecule has 1 rings (SSSR count). The molecular weight excluding hydrogens is 227 g/mol. The van der Waals surface area contributed by atoms with Crippen LogP contribution in [0.3, 0.4) is 0 Å². The summed E-state index contributed by atoms with van der Waals surface area (Å²) >= 11 is 0. The van der Waals surface area contributed by atoms with Crippen LogP contribution in [-0.2, 0) is 16.0 Å². The van der Waals surface area contributed by atoms with E-state index >= 15 is 0 Å². The Hall–Kier alpha value is -1.62. The largest absolute Gasteiger partial charge is 0.494 e. The minimum absolute atomic E-state index is 0.00213. The van der Waals surface area contributed by atoms with E-state index in [0.717, 1.165) is 12.7 Å². The molecule has 0 heterocycles. The van der Waals surface area contributed by atoms with Crippen LogP contribution in [0, 0.1) is 5.82 Å². The number of ether oxygens (including phenoxy) is 2. The Bertz CT molecular complexity index is 417. The zero-order valence-corrected chi connectivity index (χ0v) is 9.99. The first-order valence-corrected chi connectivity index (χ1v) is 5.17. The molecule has 5 heteroatoms. The van der Waals surface area contributed by atoms with Gasteiger partial charge >= 0.3 is 5.97 Å². The molecule has 0 aliphatic carbocycles. The van der Waals surface area contributed by atoms with Crippen LogP contribution in [0.25, 0.3) is 0 Å². The predicted molar refractivity (Wildman–Crippen MR) is 59.3 cm³/mol. The summed E-state index contributed by atoms with van der Waals surface area (Å²) in [6.07, 6.45) is -1.00. The number of benzene rings is 1. The minimum atomic E-state index is -1.64. The maximum Gasteiger partial charge on any atom is 0.339 e. The highest BCUT2D eigenvalue weighted by molar-refractivity contribution is 5.76. The highest BCUT2D eigenvalue weighted by Crippen LogP contribution is 2.28. The van der Waals surface area contributed by atoms with Gasteiger partial charge in [0.25, 0.3) is 0 Å². The molecule has 1 unspecified atom stereocenters. The number of hydrogen-bond donors (Lipinski definition) is 1. The van der Waals surface area contributed by atoms with Crippen molar-refractivity contribution in [3.05, 3.63) is 29.1 Å². The molecule has 0 amide bonds. The first-order valence-electron chi connectivity index (χ1n) is 5.17. The Balaban J connectivity index is 3.26. The highest BCUT2D eigenvalue weighted by atomic mass is 19.1. The van der Waals surface area contributed by atoms with E-state index in [9.17, 15) is 14.3 Å². The number of halogens is 1. The number of aliphatic hydroxyl groups is 1. The number of methoxy groups -OCH3 is 2. The van der Waals surface area contributed by atoms with E-state index in [1.165, 1.54) is 19.2 Å². The number of carbonyl (C=O) groups is 1. The number of esters is 1. The first kappa shape index (κ1) is 13.4. The Morgan fingerprint density at radius 3 is 2.59 bits per heavy atom. The smallest absolute Gasteiger partial charge is 0.339 e. The van der Waals surface area contributed by atoms with Gasteiger partial charge in [0.05, 0.1) is 14.2 Å². The molecule has 0 saturated heterocycles. The Morgan fingerprint density at radius 1 is 1.47 bits per heavy atom. The van der Waals surface area contributed by atoms with E-state index < -0.39 is 17.9 Å². The van der Waals surface area contributed by atoms with Crippen LogP contribution in [-0.4, -0.2) is 25.3 Å². The number of aliphatic hydroxyl groups excluding tert-OH is 1. The maximum absolute atomic E-state index is 13.8. The van der Waals surface area contributed by atoms with Gasteiger partial charge in [-0.05, 0) is 24.1 Å². The SMILES string of the molecule is CCc1cc(OC)c(F)c(C(O)C(=O)OC)c1. The molecule has 1 N–H and O–H groups in total. The zero-order valence-electron chi connectivity index (χ0n) is 9.99. The first-order chi connectivity index (χ1) is 8.04. The van der Waals surface area contributed by atoms with Crippen molar-refractivity contribution in [3.63, 3.8) is 0 Å².